The van der Waals surface area contributed by atoms with Crippen LogP contribution in [0.3, 0.4) is 0 Å². The maximum Gasteiger partial charge on any atom is 0.235 e. The van der Waals surface area contributed by atoms with E-state index in [0.717, 1.165) is 22.6 Å². The van der Waals surface area contributed by atoms with Crippen LogP contribution >= 0.6 is 23.2 Å². The number of fused-ring (bicyclic) bond motifs is 1. The van der Waals surface area contributed by atoms with Gasteiger partial charge >= 0.3 is 0 Å². The van der Waals surface area contributed by atoms with E-state index in [1.54, 1.807) is 22.8 Å². The van der Waals surface area contributed by atoms with E-state index < -0.39 is 10.0 Å². The van der Waals surface area contributed by atoms with E-state index in [4.69, 9.17) is 28.2 Å². The molecule has 1 aliphatic heterocycles. The van der Waals surface area contributed by atoms with Crippen molar-refractivity contribution in [3.63, 3.8) is 0 Å². The predicted octanol–water partition coefficient (Wildman–Crippen LogP) is 4.86. The number of halogens is 2. The molecule has 1 saturated heterocycles. The first-order valence-corrected chi connectivity index (χ1v) is 12.4. The second-order valence-corrected chi connectivity index (χ2v) is 10.4. The molecule has 3 heterocycles. The lowest BCUT2D eigenvalue weighted by Crippen LogP contribution is -2.24. The van der Waals surface area contributed by atoms with Gasteiger partial charge in [-0.3, -0.25) is 4.31 Å². The second-order valence-electron chi connectivity index (χ2n) is 7.51. The number of hydrogen-bond acceptors (Lipinski definition) is 5. The maximum absolute atomic E-state index is 12.2. The van der Waals surface area contributed by atoms with Crippen molar-refractivity contribution in [2.45, 2.75) is 13.0 Å². The molecule has 32 heavy (non-hydrogen) atoms. The van der Waals surface area contributed by atoms with Crippen molar-refractivity contribution in [3.8, 4) is 11.3 Å². The van der Waals surface area contributed by atoms with Crippen molar-refractivity contribution in [1.82, 2.24) is 14.6 Å². The van der Waals surface area contributed by atoms with Crippen LogP contribution in [0.1, 0.15) is 12.0 Å². The average molecular weight is 488 g/mol. The summed E-state index contributed by atoms with van der Waals surface area (Å²) in [5, 5.41) is 8.90. The zero-order chi connectivity index (χ0) is 22.3. The molecule has 7 nitrogen and oxygen atoms in total. The number of anilines is 2. The molecule has 1 N–H and O–H groups in total. The van der Waals surface area contributed by atoms with Gasteiger partial charge in [-0.2, -0.15) is 9.61 Å². The molecule has 0 amide bonds. The van der Waals surface area contributed by atoms with E-state index in [1.807, 2.05) is 42.5 Å². The lowest BCUT2D eigenvalue weighted by atomic mass is 10.1. The summed E-state index contributed by atoms with van der Waals surface area (Å²) in [6, 6.07) is 16.5. The Morgan fingerprint density at radius 2 is 1.84 bits per heavy atom. The Hall–Kier alpha value is -2.81. The molecule has 1 fully saturated rings. The summed E-state index contributed by atoms with van der Waals surface area (Å²) in [4.78, 5) is 4.69. The lowest BCUT2D eigenvalue weighted by molar-refractivity contribution is 0.599. The van der Waals surface area contributed by atoms with Gasteiger partial charge in [0.05, 0.1) is 23.3 Å². The number of hydrogen-bond donors (Lipinski definition) is 1. The minimum absolute atomic E-state index is 0.195. The van der Waals surface area contributed by atoms with E-state index in [0.29, 0.717) is 40.9 Å². The quantitative estimate of drug-likeness (QED) is 0.434. The summed E-state index contributed by atoms with van der Waals surface area (Å²) in [6.07, 6.45) is 2.34. The van der Waals surface area contributed by atoms with Crippen LogP contribution in [0.5, 0.6) is 0 Å². The molecule has 0 bridgehead atoms. The van der Waals surface area contributed by atoms with Gasteiger partial charge < -0.3 is 5.32 Å². The molecule has 5 rings (SSSR count). The Morgan fingerprint density at radius 3 is 2.56 bits per heavy atom. The van der Waals surface area contributed by atoms with E-state index in [2.05, 4.69) is 10.4 Å². The third-order valence-corrected chi connectivity index (χ3v) is 7.84. The van der Waals surface area contributed by atoms with Gasteiger partial charge in [0.15, 0.2) is 5.65 Å². The Kier molecular flexibility index (Phi) is 5.44. The lowest BCUT2D eigenvalue weighted by Gasteiger charge is -2.17. The highest BCUT2D eigenvalue weighted by atomic mass is 35.5. The normalized spacial score (nSPS) is 15.4. The van der Waals surface area contributed by atoms with Gasteiger partial charge in [0.2, 0.25) is 10.0 Å². The Balaban J connectivity index is 1.45. The van der Waals surface area contributed by atoms with Crippen molar-refractivity contribution in [2.24, 2.45) is 0 Å². The van der Waals surface area contributed by atoms with E-state index in [9.17, 15) is 8.42 Å². The molecule has 0 atom stereocenters. The van der Waals surface area contributed by atoms with Crippen LogP contribution in [-0.4, -0.2) is 35.3 Å². The fourth-order valence-corrected chi connectivity index (χ4v) is 5.81. The van der Waals surface area contributed by atoms with Gasteiger partial charge in [-0.1, -0.05) is 41.4 Å². The third-order valence-electron chi connectivity index (χ3n) is 5.38. The van der Waals surface area contributed by atoms with Crippen LogP contribution in [0.25, 0.3) is 16.9 Å². The van der Waals surface area contributed by atoms with Crippen molar-refractivity contribution in [2.75, 3.05) is 21.9 Å². The van der Waals surface area contributed by atoms with Crippen LogP contribution in [0.15, 0.2) is 60.8 Å². The molecule has 0 spiro atoms. The molecule has 1 aliphatic rings. The summed E-state index contributed by atoms with van der Waals surface area (Å²) in [6.45, 7) is 1.00. The summed E-state index contributed by atoms with van der Waals surface area (Å²) < 4.78 is 27.6. The molecule has 0 unspecified atom stereocenters. The summed E-state index contributed by atoms with van der Waals surface area (Å²) in [5.41, 5.74) is 3.90. The first-order valence-electron chi connectivity index (χ1n) is 10.0. The molecule has 164 valence electrons. The van der Waals surface area contributed by atoms with Gasteiger partial charge in [0, 0.05) is 40.8 Å². The molecule has 4 aromatic rings. The van der Waals surface area contributed by atoms with Gasteiger partial charge in [0.1, 0.15) is 5.82 Å². The highest BCUT2D eigenvalue weighted by Gasteiger charge is 2.28. The number of rotatable bonds is 5. The van der Waals surface area contributed by atoms with Gasteiger partial charge in [0.25, 0.3) is 0 Å². The molecule has 0 saturated carbocycles. The van der Waals surface area contributed by atoms with Gasteiger partial charge in [-0.25, -0.2) is 13.4 Å². The summed E-state index contributed by atoms with van der Waals surface area (Å²) >= 11 is 12.3. The van der Waals surface area contributed by atoms with Crippen LogP contribution in [0.4, 0.5) is 11.5 Å². The molecular weight excluding hydrogens is 469 g/mol. The first kappa shape index (κ1) is 21.1. The third kappa shape index (κ3) is 4.01. The molecule has 0 aliphatic carbocycles. The maximum atomic E-state index is 12.2. The minimum atomic E-state index is -3.21. The fraction of sp³-hybridized carbons (Fsp3) is 0.182. The average Bonchev–Trinajstić information content (AvgIpc) is 3.38. The molecule has 10 heteroatoms. The van der Waals surface area contributed by atoms with Crippen LogP contribution in [-0.2, 0) is 16.6 Å². The highest BCUT2D eigenvalue weighted by Crippen LogP contribution is 2.29. The van der Waals surface area contributed by atoms with Crippen LogP contribution in [0, 0.1) is 0 Å². The van der Waals surface area contributed by atoms with Gasteiger partial charge in [-0.15, -0.1) is 0 Å². The minimum Gasteiger partial charge on any atom is -0.366 e. The largest absolute Gasteiger partial charge is 0.366 e. The molecule has 2 aromatic heterocycles. The smallest absolute Gasteiger partial charge is 0.235 e. The monoisotopic (exact) mass is 487 g/mol. The number of benzene rings is 2. The number of nitrogens with one attached hydrogen (secondary N) is 1. The topological polar surface area (TPSA) is 79.6 Å². The van der Waals surface area contributed by atoms with Crippen molar-refractivity contribution < 1.29 is 8.42 Å². The van der Waals surface area contributed by atoms with Crippen LogP contribution < -0.4 is 9.62 Å². The van der Waals surface area contributed by atoms with Crippen LogP contribution in [0.2, 0.25) is 10.0 Å². The molecular formula is C22H19Cl2N5O2S. The van der Waals surface area contributed by atoms with E-state index in [1.165, 1.54) is 4.31 Å². The number of sulfonamides is 1. The van der Waals surface area contributed by atoms with E-state index in [-0.39, 0.29) is 5.75 Å². The first-order chi connectivity index (χ1) is 15.4. The van der Waals surface area contributed by atoms with Crippen molar-refractivity contribution >= 4 is 50.4 Å². The standard InChI is InChI=1S/C22H19Cl2N5O2S/c23-17-5-2-16(19(24)12-17)14-25-22-13-20(27-21-8-9-26-29(21)22)15-3-6-18(7-4-15)28-10-1-11-32(28,30)31/h2-9,12-13,25H,1,10-11,14H2. The zero-order valence-corrected chi connectivity index (χ0v) is 19.2. The SMILES string of the molecule is O=S1(=O)CCCN1c1ccc(-c2cc(NCc3ccc(Cl)cc3Cl)n3nccc3n2)cc1. The molecule has 0 radical (unpaired) electrons. The summed E-state index contributed by atoms with van der Waals surface area (Å²) in [7, 11) is -3.21. The highest BCUT2D eigenvalue weighted by molar-refractivity contribution is 7.93. The number of nitrogens with zero attached hydrogens (tertiary/aromatic N) is 4. The predicted molar refractivity (Wildman–Crippen MR) is 128 cm³/mol. The zero-order valence-electron chi connectivity index (χ0n) is 16.9. The van der Waals surface area contributed by atoms with Gasteiger partial charge in [-0.05, 0) is 36.2 Å². The number of aromatic nitrogens is 3. The van der Waals surface area contributed by atoms with Crippen molar-refractivity contribution in [3.05, 3.63) is 76.4 Å². The van der Waals surface area contributed by atoms with Crippen molar-refractivity contribution in [1.29, 1.82) is 0 Å². The Morgan fingerprint density at radius 1 is 1.03 bits per heavy atom. The summed E-state index contributed by atoms with van der Waals surface area (Å²) in [5.74, 6) is 0.952. The van der Waals surface area contributed by atoms with E-state index >= 15 is 0 Å². The Bertz CT molecular complexity index is 1400. The fourth-order valence-electron chi connectivity index (χ4n) is 3.77. The molecule has 2 aromatic carbocycles. The second kappa shape index (κ2) is 8.27. The Labute approximate surface area is 195 Å².